The van der Waals surface area contributed by atoms with Crippen LogP contribution in [0.15, 0.2) is 30.5 Å². The average Bonchev–Trinajstić information content (AvgIpc) is 2.89. The van der Waals surface area contributed by atoms with Gasteiger partial charge in [-0.2, -0.15) is 5.10 Å². The zero-order chi connectivity index (χ0) is 17.2. The van der Waals surface area contributed by atoms with E-state index in [2.05, 4.69) is 24.3 Å². The van der Waals surface area contributed by atoms with E-state index in [9.17, 15) is 4.79 Å². The first-order chi connectivity index (χ1) is 10.8. The number of carbonyl (C=O) groups excluding carboxylic acids is 1. The predicted molar refractivity (Wildman–Crippen MR) is 92.8 cm³/mol. The van der Waals surface area contributed by atoms with Gasteiger partial charge in [-0.1, -0.05) is 32.0 Å². The van der Waals surface area contributed by atoms with E-state index >= 15 is 0 Å². The van der Waals surface area contributed by atoms with Crippen LogP contribution in [0, 0.1) is 19.8 Å². The Morgan fingerprint density at radius 2 is 2.00 bits per heavy atom. The number of amides is 1. The lowest BCUT2D eigenvalue weighted by molar-refractivity contribution is 0.0882. The molecule has 0 bridgehead atoms. The SMILES string of the molecule is Cc1ccccc1-n1ncc(C(=O)NC(C)(CN)C(C)C)c1C. The molecule has 0 radical (unpaired) electrons. The lowest BCUT2D eigenvalue weighted by Gasteiger charge is -2.33. The van der Waals surface area contributed by atoms with Gasteiger partial charge < -0.3 is 11.1 Å². The molecule has 0 saturated carbocycles. The summed E-state index contributed by atoms with van der Waals surface area (Å²) in [5.74, 6) is 0.104. The molecule has 1 unspecified atom stereocenters. The average molecular weight is 314 g/mol. The third kappa shape index (κ3) is 3.29. The molecule has 0 aliphatic heterocycles. The summed E-state index contributed by atoms with van der Waals surface area (Å²) in [6, 6.07) is 7.98. The molecular formula is C18H26N4O. The number of benzene rings is 1. The van der Waals surface area contributed by atoms with Crippen LogP contribution in [0.25, 0.3) is 5.69 Å². The van der Waals surface area contributed by atoms with Crippen LogP contribution >= 0.6 is 0 Å². The van der Waals surface area contributed by atoms with Gasteiger partial charge in [0.05, 0.1) is 28.7 Å². The largest absolute Gasteiger partial charge is 0.345 e. The Hall–Kier alpha value is -2.14. The second-order valence-electron chi connectivity index (χ2n) is 6.57. The monoisotopic (exact) mass is 314 g/mol. The molecule has 23 heavy (non-hydrogen) atoms. The lowest BCUT2D eigenvalue weighted by atomic mass is 9.88. The van der Waals surface area contributed by atoms with Crippen LogP contribution in [0.1, 0.15) is 42.4 Å². The van der Waals surface area contributed by atoms with Gasteiger partial charge in [-0.25, -0.2) is 4.68 Å². The van der Waals surface area contributed by atoms with E-state index in [1.807, 2.05) is 45.0 Å². The fourth-order valence-electron chi connectivity index (χ4n) is 2.43. The highest BCUT2D eigenvalue weighted by molar-refractivity contribution is 5.95. The summed E-state index contributed by atoms with van der Waals surface area (Å²) in [6.07, 6.45) is 1.62. The molecule has 0 fully saturated rings. The highest BCUT2D eigenvalue weighted by Crippen LogP contribution is 2.20. The molecule has 0 spiro atoms. The summed E-state index contributed by atoms with van der Waals surface area (Å²) < 4.78 is 1.80. The molecule has 3 N–H and O–H groups in total. The van der Waals surface area contributed by atoms with Gasteiger partial charge in [-0.3, -0.25) is 4.79 Å². The summed E-state index contributed by atoms with van der Waals surface area (Å²) in [5, 5.41) is 7.45. The first-order valence-corrected chi connectivity index (χ1v) is 7.93. The van der Waals surface area contributed by atoms with E-state index in [1.165, 1.54) is 0 Å². The zero-order valence-electron chi connectivity index (χ0n) is 14.6. The van der Waals surface area contributed by atoms with Crippen molar-refractivity contribution in [2.45, 2.75) is 40.2 Å². The van der Waals surface area contributed by atoms with Crippen LogP contribution in [0.2, 0.25) is 0 Å². The summed E-state index contributed by atoms with van der Waals surface area (Å²) in [6.45, 7) is 10.4. The minimum absolute atomic E-state index is 0.135. The van der Waals surface area contributed by atoms with Crippen LogP contribution in [-0.2, 0) is 0 Å². The van der Waals surface area contributed by atoms with Crippen molar-refractivity contribution in [2.75, 3.05) is 6.54 Å². The Morgan fingerprint density at radius 1 is 1.35 bits per heavy atom. The molecule has 2 rings (SSSR count). The van der Waals surface area contributed by atoms with Gasteiger partial charge in [-0.05, 0) is 38.3 Å². The second-order valence-corrected chi connectivity index (χ2v) is 6.57. The maximum atomic E-state index is 12.7. The zero-order valence-corrected chi connectivity index (χ0v) is 14.6. The quantitative estimate of drug-likeness (QED) is 0.891. The topological polar surface area (TPSA) is 72.9 Å². The van der Waals surface area contributed by atoms with Crippen molar-refractivity contribution >= 4 is 5.91 Å². The number of nitrogens with two attached hydrogens (primary N) is 1. The number of hydrogen-bond acceptors (Lipinski definition) is 3. The van der Waals surface area contributed by atoms with Crippen LogP contribution < -0.4 is 11.1 Å². The second kappa shape index (κ2) is 6.54. The maximum absolute atomic E-state index is 12.7. The molecule has 5 heteroatoms. The normalized spacial score (nSPS) is 13.9. The summed E-state index contributed by atoms with van der Waals surface area (Å²) in [7, 11) is 0. The molecule has 1 aromatic heterocycles. The molecule has 0 saturated heterocycles. The number of nitrogens with one attached hydrogen (secondary N) is 1. The van der Waals surface area contributed by atoms with Crippen molar-refractivity contribution in [1.29, 1.82) is 0 Å². The first kappa shape index (κ1) is 17.2. The van der Waals surface area contributed by atoms with Gasteiger partial charge in [0.1, 0.15) is 0 Å². The molecule has 124 valence electrons. The summed E-state index contributed by atoms with van der Waals surface area (Å²) >= 11 is 0. The smallest absolute Gasteiger partial charge is 0.255 e. The Kier molecular flexibility index (Phi) is 4.90. The van der Waals surface area contributed by atoms with Gasteiger partial charge in [0.25, 0.3) is 5.91 Å². The number of nitrogens with zero attached hydrogens (tertiary/aromatic N) is 2. The van der Waals surface area contributed by atoms with E-state index in [1.54, 1.807) is 10.9 Å². The minimum Gasteiger partial charge on any atom is -0.345 e. The summed E-state index contributed by atoms with van der Waals surface area (Å²) in [4.78, 5) is 12.7. The number of carbonyl (C=O) groups is 1. The van der Waals surface area contributed by atoms with Crippen molar-refractivity contribution in [3.63, 3.8) is 0 Å². The third-order valence-electron chi connectivity index (χ3n) is 4.70. The molecule has 0 aliphatic carbocycles. The Labute approximate surface area is 137 Å². The Bertz CT molecular complexity index is 705. The van der Waals surface area contributed by atoms with Gasteiger partial charge >= 0.3 is 0 Å². The van der Waals surface area contributed by atoms with Crippen molar-refractivity contribution in [3.05, 3.63) is 47.3 Å². The third-order valence-corrected chi connectivity index (χ3v) is 4.70. The fourth-order valence-corrected chi connectivity index (χ4v) is 2.43. The van der Waals surface area contributed by atoms with Crippen LogP contribution in [0.5, 0.6) is 0 Å². The maximum Gasteiger partial charge on any atom is 0.255 e. The first-order valence-electron chi connectivity index (χ1n) is 7.93. The molecular weight excluding hydrogens is 288 g/mol. The van der Waals surface area contributed by atoms with Gasteiger partial charge in [0.2, 0.25) is 0 Å². The Balaban J connectivity index is 2.33. The minimum atomic E-state index is -0.436. The van der Waals surface area contributed by atoms with E-state index < -0.39 is 5.54 Å². The van der Waals surface area contributed by atoms with Gasteiger partial charge in [0, 0.05) is 6.54 Å². The highest BCUT2D eigenvalue weighted by Gasteiger charge is 2.30. The van der Waals surface area contributed by atoms with E-state index in [0.29, 0.717) is 12.1 Å². The number of hydrogen-bond donors (Lipinski definition) is 2. The molecule has 0 aliphatic rings. The molecule has 2 aromatic rings. The van der Waals surface area contributed by atoms with Gasteiger partial charge in [0.15, 0.2) is 0 Å². The van der Waals surface area contributed by atoms with Crippen LogP contribution in [-0.4, -0.2) is 27.8 Å². The number of aromatic nitrogens is 2. The van der Waals surface area contributed by atoms with E-state index in [0.717, 1.165) is 16.9 Å². The van der Waals surface area contributed by atoms with E-state index in [-0.39, 0.29) is 11.8 Å². The number of para-hydroxylation sites is 1. The number of rotatable bonds is 5. The van der Waals surface area contributed by atoms with E-state index in [4.69, 9.17) is 5.73 Å². The van der Waals surface area contributed by atoms with Crippen LogP contribution in [0.4, 0.5) is 0 Å². The standard InChI is InChI=1S/C18H26N4O/c1-12(2)18(5,11-19)21-17(23)15-10-20-22(14(15)4)16-9-7-6-8-13(16)3/h6-10,12H,11,19H2,1-5H3,(H,21,23). The summed E-state index contributed by atoms with van der Waals surface area (Å²) in [5.41, 5.74) is 8.91. The van der Waals surface area contributed by atoms with Gasteiger partial charge in [-0.15, -0.1) is 0 Å². The molecule has 1 heterocycles. The van der Waals surface area contributed by atoms with Crippen LogP contribution in [0.3, 0.4) is 0 Å². The van der Waals surface area contributed by atoms with Crippen molar-refractivity contribution in [1.82, 2.24) is 15.1 Å². The molecule has 1 atom stereocenters. The highest BCUT2D eigenvalue weighted by atomic mass is 16.1. The fraction of sp³-hybridized carbons (Fsp3) is 0.444. The van der Waals surface area contributed by atoms with Crippen molar-refractivity contribution in [3.8, 4) is 5.69 Å². The molecule has 1 amide bonds. The van der Waals surface area contributed by atoms with Crippen molar-refractivity contribution < 1.29 is 4.79 Å². The molecule has 1 aromatic carbocycles. The molecule has 5 nitrogen and oxygen atoms in total. The lowest BCUT2D eigenvalue weighted by Crippen LogP contribution is -2.55. The number of aryl methyl sites for hydroxylation is 1. The Morgan fingerprint density at radius 3 is 2.57 bits per heavy atom. The van der Waals surface area contributed by atoms with Crippen molar-refractivity contribution in [2.24, 2.45) is 11.7 Å². The predicted octanol–water partition coefficient (Wildman–Crippen LogP) is 2.59.